The Balaban J connectivity index is 1.60. The van der Waals surface area contributed by atoms with Crippen molar-refractivity contribution in [2.75, 3.05) is 32.7 Å². The van der Waals surface area contributed by atoms with Gasteiger partial charge in [-0.05, 0) is 37.8 Å². The van der Waals surface area contributed by atoms with Crippen LogP contribution in [0.25, 0.3) is 0 Å². The van der Waals surface area contributed by atoms with E-state index in [1.807, 2.05) is 12.4 Å². The minimum Gasteiger partial charge on any atom is -0.348 e. The van der Waals surface area contributed by atoms with Gasteiger partial charge in [-0.15, -0.1) is 0 Å². The van der Waals surface area contributed by atoms with Crippen molar-refractivity contribution in [1.29, 1.82) is 0 Å². The lowest BCUT2D eigenvalue weighted by molar-refractivity contribution is 0.139. The number of hydrogen-bond donors (Lipinski definition) is 2. The van der Waals surface area contributed by atoms with Gasteiger partial charge in [-0.2, -0.15) is 0 Å². The van der Waals surface area contributed by atoms with Gasteiger partial charge in [-0.25, -0.2) is 4.98 Å². The molecule has 100 valence electrons. The van der Waals surface area contributed by atoms with Crippen molar-refractivity contribution in [3.63, 3.8) is 0 Å². The number of aromatic amines is 1. The number of imidazole rings is 1. The topological polar surface area (TPSA) is 44.0 Å². The number of piperidine rings is 1. The summed E-state index contributed by atoms with van der Waals surface area (Å²) in [6, 6.07) is 0. The Morgan fingerprint density at radius 3 is 3.22 bits per heavy atom. The highest BCUT2D eigenvalue weighted by Crippen LogP contribution is 2.30. The smallest absolute Gasteiger partial charge is 0.110 e. The first-order chi connectivity index (χ1) is 8.75. The zero-order valence-corrected chi connectivity index (χ0v) is 11.3. The Morgan fingerprint density at radius 1 is 1.56 bits per heavy atom. The van der Waals surface area contributed by atoms with Crippen molar-refractivity contribution in [1.82, 2.24) is 20.2 Å². The highest BCUT2D eigenvalue weighted by Gasteiger charge is 2.33. The minimum absolute atomic E-state index is 0.477. The van der Waals surface area contributed by atoms with Crippen LogP contribution in [0.3, 0.4) is 0 Å². The molecule has 0 spiro atoms. The van der Waals surface area contributed by atoms with Crippen LogP contribution in [-0.2, 0) is 0 Å². The van der Waals surface area contributed by atoms with Gasteiger partial charge in [-0.3, -0.25) is 0 Å². The molecule has 2 N–H and O–H groups in total. The Bertz CT molecular complexity index is 367. The first kappa shape index (κ1) is 12.2. The van der Waals surface area contributed by atoms with E-state index < -0.39 is 0 Å². The molecule has 0 saturated carbocycles. The van der Waals surface area contributed by atoms with Crippen LogP contribution >= 0.6 is 0 Å². The van der Waals surface area contributed by atoms with Gasteiger partial charge in [0.05, 0.1) is 0 Å². The van der Waals surface area contributed by atoms with Crippen molar-refractivity contribution >= 4 is 0 Å². The lowest BCUT2D eigenvalue weighted by Crippen LogP contribution is -2.42. The normalized spacial score (nSPS) is 33.9. The number of nitrogens with zero attached hydrogens (tertiary/aromatic N) is 2. The summed E-state index contributed by atoms with van der Waals surface area (Å²) in [5.74, 6) is 1.78. The molecule has 2 saturated heterocycles. The Morgan fingerprint density at radius 2 is 2.50 bits per heavy atom. The summed E-state index contributed by atoms with van der Waals surface area (Å²) < 4.78 is 0. The average Bonchev–Trinajstić information content (AvgIpc) is 3.01. The Labute approximate surface area is 109 Å². The maximum absolute atomic E-state index is 4.43. The van der Waals surface area contributed by atoms with Crippen LogP contribution in [0.5, 0.6) is 0 Å². The van der Waals surface area contributed by atoms with E-state index in [0.29, 0.717) is 11.3 Å². The summed E-state index contributed by atoms with van der Waals surface area (Å²) in [6.45, 7) is 8.44. The van der Waals surface area contributed by atoms with E-state index in [2.05, 4.69) is 27.1 Å². The second-order valence-corrected chi connectivity index (χ2v) is 6.29. The number of aromatic nitrogens is 2. The average molecular weight is 248 g/mol. The van der Waals surface area contributed by atoms with Gasteiger partial charge in [0, 0.05) is 37.9 Å². The summed E-state index contributed by atoms with van der Waals surface area (Å²) in [6.07, 6.45) is 7.70. The fourth-order valence-electron chi connectivity index (χ4n) is 3.47. The molecule has 0 radical (unpaired) electrons. The van der Waals surface area contributed by atoms with E-state index in [-0.39, 0.29) is 0 Å². The maximum atomic E-state index is 4.43. The first-order valence-corrected chi connectivity index (χ1v) is 7.18. The molecule has 2 aliphatic rings. The molecule has 4 nitrogen and oxygen atoms in total. The van der Waals surface area contributed by atoms with Gasteiger partial charge >= 0.3 is 0 Å². The lowest BCUT2D eigenvalue weighted by atomic mass is 9.87. The number of H-pyrrole nitrogens is 1. The first-order valence-electron chi connectivity index (χ1n) is 7.18. The van der Waals surface area contributed by atoms with E-state index in [0.717, 1.165) is 0 Å². The molecule has 0 amide bonds. The van der Waals surface area contributed by atoms with Gasteiger partial charge in [0.2, 0.25) is 0 Å². The summed E-state index contributed by atoms with van der Waals surface area (Å²) in [5, 5.41) is 3.50. The summed E-state index contributed by atoms with van der Waals surface area (Å²) >= 11 is 0. The zero-order chi connectivity index (χ0) is 12.4. The third-order valence-corrected chi connectivity index (χ3v) is 4.47. The summed E-state index contributed by atoms with van der Waals surface area (Å²) in [7, 11) is 0. The van der Waals surface area contributed by atoms with E-state index in [9.17, 15) is 0 Å². The highest BCUT2D eigenvalue weighted by atomic mass is 15.2. The van der Waals surface area contributed by atoms with Crippen molar-refractivity contribution < 1.29 is 0 Å². The quantitative estimate of drug-likeness (QED) is 0.854. The van der Waals surface area contributed by atoms with Gasteiger partial charge in [0.15, 0.2) is 0 Å². The van der Waals surface area contributed by atoms with E-state index in [1.54, 1.807) is 0 Å². The molecule has 1 aromatic heterocycles. The molecular formula is C14H24N4. The van der Waals surface area contributed by atoms with E-state index in [1.165, 1.54) is 57.8 Å². The minimum atomic E-state index is 0.477. The molecule has 18 heavy (non-hydrogen) atoms. The Hall–Kier alpha value is -0.870. The lowest BCUT2D eigenvalue weighted by Gasteiger charge is -2.37. The fourth-order valence-corrected chi connectivity index (χ4v) is 3.47. The molecular weight excluding hydrogens is 224 g/mol. The van der Waals surface area contributed by atoms with Gasteiger partial charge in [-0.1, -0.05) is 6.92 Å². The van der Waals surface area contributed by atoms with Gasteiger partial charge < -0.3 is 15.2 Å². The zero-order valence-electron chi connectivity index (χ0n) is 11.3. The molecule has 1 aromatic rings. The van der Waals surface area contributed by atoms with Crippen LogP contribution in [0.4, 0.5) is 0 Å². The number of hydrogen-bond acceptors (Lipinski definition) is 3. The molecule has 0 aliphatic carbocycles. The van der Waals surface area contributed by atoms with Crippen molar-refractivity contribution in [3.8, 4) is 0 Å². The van der Waals surface area contributed by atoms with Crippen molar-refractivity contribution in [2.24, 2.45) is 5.41 Å². The third-order valence-electron chi connectivity index (χ3n) is 4.47. The molecule has 2 unspecified atom stereocenters. The standard InChI is InChI=1S/C14H24N4/c1-14(4-5-15-10-14)11-18-8-2-3-12(9-18)13-16-6-7-17-13/h6-7,12,15H,2-5,8-11H2,1H3,(H,16,17). The largest absolute Gasteiger partial charge is 0.348 e. The molecule has 3 heterocycles. The maximum Gasteiger partial charge on any atom is 0.110 e. The number of rotatable bonds is 3. The Kier molecular flexibility index (Phi) is 3.39. The van der Waals surface area contributed by atoms with Crippen molar-refractivity contribution in [2.45, 2.75) is 32.1 Å². The summed E-state index contributed by atoms with van der Waals surface area (Å²) in [5.41, 5.74) is 0.477. The van der Waals surface area contributed by atoms with Crippen LogP contribution in [-0.4, -0.2) is 47.6 Å². The monoisotopic (exact) mass is 248 g/mol. The van der Waals surface area contributed by atoms with Crippen LogP contribution in [0, 0.1) is 5.41 Å². The molecule has 4 heteroatoms. The molecule has 0 bridgehead atoms. The molecule has 3 rings (SSSR count). The second-order valence-electron chi connectivity index (χ2n) is 6.29. The van der Waals surface area contributed by atoms with Crippen LogP contribution < -0.4 is 5.32 Å². The van der Waals surface area contributed by atoms with Gasteiger partial charge in [0.25, 0.3) is 0 Å². The third kappa shape index (κ3) is 2.59. The van der Waals surface area contributed by atoms with Gasteiger partial charge in [0.1, 0.15) is 5.82 Å². The predicted octanol–water partition coefficient (Wildman–Crippen LogP) is 1.59. The van der Waals surface area contributed by atoms with Crippen LogP contribution in [0.15, 0.2) is 12.4 Å². The van der Waals surface area contributed by atoms with Crippen molar-refractivity contribution in [3.05, 3.63) is 18.2 Å². The molecule has 2 fully saturated rings. The predicted molar refractivity (Wildman–Crippen MR) is 72.6 cm³/mol. The fraction of sp³-hybridized carbons (Fsp3) is 0.786. The second kappa shape index (κ2) is 5.02. The highest BCUT2D eigenvalue weighted by molar-refractivity contribution is 5.00. The van der Waals surface area contributed by atoms with E-state index in [4.69, 9.17) is 0 Å². The molecule has 2 atom stereocenters. The number of likely N-dealkylation sites (tertiary alicyclic amines) is 1. The molecule has 0 aromatic carbocycles. The van der Waals surface area contributed by atoms with E-state index >= 15 is 0 Å². The van der Waals surface area contributed by atoms with Crippen LogP contribution in [0.1, 0.15) is 37.9 Å². The number of nitrogens with one attached hydrogen (secondary N) is 2. The summed E-state index contributed by atoms with van der Waals surface area (Å²) in [4.78, 5) is 10.4. The molecule has 2 aliphatic heterocycles. The van der Waals surface area contributed by atoms with Crippen LogP contribution in [0.2, 0.25) is 0 Å². The SMILES string of the molecule is CC1(CN2CCCC(c3ncc[nH]3)C2)CCNC1.